The van der Waals surface area contributed by atoms with Crippen molar-refractivity contribution in [1.82, 2.24) is 14.9 Å². The van der Waals surface area contributed by atoms with E-state index in [4.69, 9.17) is 19.9 Å². The Hall–Kier alpha value is -4.01. The van der Waals surface area contributed by atoms with Crippen molar-refractivity contribution >= 4 is 34.7 Å². The third-order valence-electron chi connectivity index (χ3n) is 5.63. The average Bonchev–Trinajstić information content (AvgIpc) is 2.86. The molecule has 1 fully saturated rings. The van der Waals surface area contributed by atoms with E-state index in [-0.39, 0.29) is 5.91 Å². The molecule has 0 atom stereocenters. The molecule has 0 aliphatic carbocycles. The van der Waals surface area contributed by atoms with Gasteiger partial charge in [-0.3, -0.25) is 4.79 Å². The molecular weight excluding hydrogens is 422 g/mol. The highest BCUT2D eigenvalue weighted by atomic mass is 16.5. The number of amides is 1. The van der Waals surface area contributed by atoms with Crippen LogP contribution < -0.4 is 24.8 Å². The number of piperazine rings is 1. The number of methoxy groups -OCH3 is 3. The number of hydrogen-bond donors (Lipinski definition) is 1. The summed E-state index contributed by atoms with van der Waals surface area (Å²) in [6, 6.07) is 11.1. The lowest BCUT2D eigenvalue weighted by atomic mass is 10.2. The summed E-state index contributed by atoms with van der Waals surface area (Å²) in [6.45, 7) is 2.36. The Bertz CT molecular complexity index is 1170. The van der Waals surface area contributed by atoms with Crippen molar-refractivity contribution in [2.24, 2.45) is 0 Å². The summed E-state index contributed by atoms with van der Waals surface area (Å²) in [6.07, 6.45) is 3.41. The normalized spacial score (nSPS) is 14.0. The SMILES string of the molecule is COc1ccc(/C=C/C(=O)N2CCN(c3nc(N)c4cc(OC)c(OC)cc4n3)CC2)cc1. The van der Waals surface area contributed by atoms with Crippen LogP contribution in [-0.4, -0.2) is 68.3 Å². The predicted octanol–water partition coefficient (Wildman–Crippen LogP) is 2.60. The number of rotatable bonds is 6. The Balaban J connectivity index is 1.43. The molecule has 9 heteroatoms. The first-order valence-electron chi connectivity index (χ1n) is 10.6. The Morgan fingerprint density at radius 1 is 0.939 bits per heavy atom. The summed E-state index contributed by atoms with van der Waals surface area (Å²) in [7, 11) is 4.77. The zero-order chi connectivity index (χ0) is 23.4. The molecule has 0 bridgehead atoms. The first-order valence-corrected chi connectivity index (χ1v) is 10.6. The summed E-state index contributed by atoms with van der Waals surface area (Å²) in [5.41, 5.74) is 7.83. The monoisotopic (exact) mass is 449 g/mol. The van der Waals surface area contributed by atoms with Crippen molar-refractivity contribution in [1.29, 1.82) is 0 Å². The van der Waals surface area contributed by atoms with E-state index in [2.05, 4.69) is 9.97 Å². The maximum Gasteiger partial charge on any atom is 0.246 e. The molecule has 0 radical (unpaired) electrons. The number of hydrogen-bond acceptors (Lipinski definition) is 8. The Morgan fingerprint density at radius 2 is 1.61 bits per heavy atom. The molecule has 0 spiro atoms. The molecule has 0 saturated carbocycles. The summed E-state index contributed by atoms with van der Waals surface area (Å²) in [5, 5.41) is 0.703. The standard InChI is InChI=1S/C24H27N5O4/c1-31-17-7-4-16(5-8-17)6-9-22(30)28-10-12-29(13-11-28)24-26-19-15-21(33-3)20(32-2)14-18(19)23(25)27-24/h4-9,14-15H,10-13H2,1-3H3,(H2,25,26,27)/b9-6+. The van der Waals surface area contributed by atoms with E-state index in [0.717, 1.165) is 11.3 Å². The van der Waals surface area contributed by atoms with Crippen LogP contribution in [0, 0.1) is 0 Å². The van der Waals surface area contributed by atoms with E-state index >= 15 is 0 Å². The van der Waals surface area contributed by atoms with Gasteiger partial charge in [0, 0.05) is 43.7 Å². The molecular formula is C24H27N5O4. The fourth-order valence-corrected chi connectivity index (χ4v) is 3.72. The molecule has 33 heavy (non-hydrogen) atoms. The summed E-state index contributed by atoms with van der Waals surface area (Å²) in [4.78, 5) is 25.6. The number of nitrogens with two attached hydrogens (primary N) is 1. The van der Waals surface area contributed by atoms with Gasteiger partial charge in [-0.2, -0.15) is 4.98 Å². The van der Waals surface area contributed by atoms with E-state index in [9.17, 15) is 4.79 Å². The Kier molecular flexibility index (Phi) is 6.48. The first-order chi connectivity index (χ1) is 16.0. The smallest absolute Gasteiger partial charge is 0.246 e. The molecule has 3 aromatic rings. The van der Waals surface area contributed by atoms with Crippen LogP contribution in [0.2, 0.25) is 0 Å². The molecule has 1 aliphatic heterocycles. The van der Waals surface area contributed by atoms with Crippen LogP contribution in [-0.2, 0) is 4.79 Å². The van der Waals surface area contributed by atoms with E-state index in [0.29, 0.717) is 60.3 Å². The number of carbonyl (C=O) groups is 1. The fourth-order valence-electron chi connectivity index (χ4n) is 3.72. The third-order valence-corrected chi connectivity index (χ3v) is 5.63. The quantitative estimate of drug-likeness (QED) is 0.573. The zero-order valence-corrected chi connectivity index (χ0v) is 18.9. The van der Waals surface area contributed by atoms with Gasteiger partial charge in [0.2, 0.25) is 11.9 Å². The van der Waals surface area contributed by atoms with Gasteiger partial charge >= 0.3 is 0 Å². The first kappa shape index (κ1) is 22.2. The minimum atomic E-state index is -0.0266. The summed E-state index contributed by atoms with van der Waals surface area (Å²) in [5.74, 6) is 2.81. The number of anilines is 2. The van der Waals surface area contributed by atoms with Crippen molar-refractivity contribution < 1.29 is 19.0 Å². The molecule has 0 unspecified atom stereocenters. The maximum atomic E-state index is 12.6. The topological polar surface area (TPSA) is 103 Å². The molecule has 2 heterocycles. The number of benzene rings is 2. The van der Waals surface area contributed by atoms with Gasteiger partial charge in [0.05, 0.1) is 26.8 Å². The predicted molar refractivity (Wildman–Crippen MR) is 128 cm³/mol. The van der Waals surface area contributed by atoms with Gasteiger partial charge in [0.15, 0.2) is 11.5 Å². The molecule has 4 rings (SSSR count). The fraction of sp³-hybridized carbons (Fsp3) is 0.292. The van der Waals surface area contributed by atoms with E-state index in [1.54, 1.807) is 39.5 Å². The van der Waals surface area contributed by atoms with Crippen LogP contribution in [0.4, 0.5) is 11.8 Å². The van der Waals surface area contributed by atoms with Crippen LogP contribution in [0.25, 0.3) is 17.0 Å². The number of nitrogens with zero attached hydrogens (tertiary/aromatic N) is 4. The number of fused-ring (bicyclic) bond motifs is 1. The summed E-state index contributed by atoms with van der Waals surface area (Å²) >= 11 is 0. The van der Waals surface area contributed by atoms with Crippen molar-refractivity contribution in [3.63, 3.8) is 0 Å². The minimum Gasteiger partial charge on any atom is -0.497 e. The number of aromatic nitrogens is 2. The minimum absolute atomic E-state index is 0.0266. The average molecular weight is 450 g/mol. The van der Waals surface area contributed by atoms with Crippen molar-refractivity contribution in [3.05, 3.63) is 48.0 Å². The number of nitrogen functional groups attached to an aromatic ring is 1. The lowest BCUT2D eigenvalue weighted by molar-refractivity contribution is -0.126. The summed E-state index contributed by atoms with van der Waals surface area (Å²) < 4.78 is 15.9. The molecule has 2 N–H and O–H groups in total. The van der Waals surface area contributed by atoms with E-state index < -0.39 is 0 Å². The van der Waals surface area contributed by atoms with E-state index in [1.807, 2.05) is 40.1 Å². The molecule has 172 valence electrons. The highest BCUT2D eigenvalue weighted by molar-refractivity contribution is 5.93. The highest BCUT2D eigenvalue weighted by Crippen LogP contribution is 2.34. The van der Waals surface area contributed by atoms with Crippen molar-refractivity contribution in [2.45, 2.75) is 0 Å². The highest BCUT2D eigenvalue weighted by Gasteiger charge is 2.22. The molecule has 1 saturated heterocycles. The number of ether oxygens (including phenoxy) is 3. The molecule has 1 aromatic heterocycles. The van der Waals surface area contributed by atoms with Crippen LogP contribution in [0.15, 0.2) is 42.5 Å². The van der Waals surface area contributed by atoms with Gasteiger partial charge < -0.3 is 29.7 Å². The van der Waals surface area contributed by atoms with Gasteiger partial charge in [0.25, 0.3) is 0 Å². The largest absolute Gasteiger partial charge is 0.497 e. The third kappa shape index (κ3) is 4.77. The van der Waals surface area contributed by atoms with Gasteiger partial charge in [-0.15, -0.1) is 0 Å². The van der Waals surface area contributed by atoms with Crippen LogP contribution in [0.1, 0.15) is 5.56 Å². The molecule has 9 nitrogen and oxygen atoms in total. The second-order valence-corrected chi connectivity index (χ2v) is 7.55. The molecule has 2 aromatic carbocycles. The van der Waals surface area contributed by atoms with Crippen molar-refractivity contribution in [3.8, 4) is 17.2 Å². The molecule has 1 amide bonds. The lowest BCUT2D eigenvalue weighted by Crippen LogP contribution is -2.48. The van der Waals surface area contributed by atoms with Crippen LogP contribution in [0.5, 0.6) is 17.2 Å². The second kappa shape index (κ2) is 9.64. The van der Waals surface area contributed by atoms with Crippen LogP contribution >= 0.6 is 0 Å². The van der Waals surface area contributed by atoms with Crippen molar-refractivity contribution in [2.75, 3.05) is 58.1 Å². The molecule has 1 aliphatic rings. The Morgan fingerprint density at radius 3 is 2.24 bits per heavy atom. The number of carbonyl (C=O) groups excluding carboxylic acids is 1. The zero-order valence-electron chi connectivity index (χ0n) is 18.9. The lowest BCUT2D eigenvalue weighted by Gasteiger charge is -2.34. The second-order valence-electron chi connectivity index (χ2n) is 7.55. The Labute approximate surface area is 192 Å². The van der Waals surface area contributed by atoms with Gasteiger partial charge in [-0.1, -0.05) is 12.1 Å². The van der Waals surface area contributed by atoms with E-state index in [1.165, 1.54) is 0 Å². The van der Waals surface area contributed by atoms with Crippen LogP contribution in [0.3, 0.4) is 0 Å². The van der Waals surface area contributed by atoms with Gasteiger partial charge in [-0.05, 0) is 29.8 Å². The van der Waals surface area contributed by atoms with Gasteiger partial charge in [-0.25, -0.2) is 4.98 Å². The maximum absolute atomic E-state index is 12.6. The van der Waals surface area contributed by atoms with Gasteiger partial charge in [0.1, 0.15) is 11.6 Å².